The number of halogens is 1. The molecular formula is C24H34IN3O2. The Hall–Kier alpha value is -1.80. The molecule has 5 nitrogen and oxygen atoms in total. The van der Waals surface area contributed by atoms with Crippen molar-refractivity contribution in [3.63, 3.8) is 0 Å². The van der Waals surface area contributed by atoms with E-state index in [0.29, 0.717) is 6.61 Å². The van der Waals surface area contributed by atoms with Crippen LogP contribution in [0.1, 0.15) is 30.9 Å². The summed E-state index contributed by atoms with van der Waals surface area (Å²) in [5.41, 5.74) is 2.63. The Kier molecular flexibility index (Phi) is 9.91. The fraction of sp³-hybridized carbons (Fsp3) is 0.458. The maximum absolute atomic E-state index is 5.68. The average molecular weight is 523 g/mol. The van der Waals surface area contributed by atoms with E-state index in [1.807, 2.05) is 20.0 Å². The molecule has 0 unspecified atom stereocenters. The molecule has 0 radical (unpaired) electrons. The van der Waals surface area contributed by atoms with Crippen molar-refractivity contribution >= 4 is 29.9 Å². The van der Waals surface area contributed by atoms with Crippen molar-refractivity contribution in [2.24, 2.45) is 4.99 Å². The van der Waals surface area contributed by atoms with Gasteiger partial charge >= 0.3 is 0 Å². The van der Waals surface area contributed by atoms with Gasteiger partial charge in [0.2, 0.25) is 0 Å². The van der Waals surface area contributed by atoms with E-state index in [0.717, 1.165) is 50.9 Å². The van der Waals surface area contributed by atoms with Crippen LogP contribution in [0.25, 0.3) is 0 Å². The molecule has 0 aliphatic carbocycles. The summed E-state index contributed by atoms with van der Waals surface area (Å²) in [6.07, 6.45) is 1.99. The van der Waals surface area contributed by atoms with Gasteiger partial charge in [0, 0.05) is 45.8 Å². The number of nitrogens with zero attached hydrogens (tertiary/aromatic N) is 2. The Labute approximate surface area is 197 Å². The molecule has 6 heteroatoms. The first-order valence-corrected chi connectivity index (χ1v) is 10.4. The highest BCUT2D eigenvalue weighted by molar-refractivity contribution is 14.0. The van der Waals surface area contributed by atoms with Gasteiger partial charge in [-0.25, -0.2) is 0 Å². The van der Waals surface area contributed by atoms with E-state index < -0.39 is 0 Å². The Bertz CT molecular complexity index is 775. The van der Waals surface area contributed by atoms with E-state index in [2.05, 4.69) is 70.8 Å². The van der Waals surface area contributed by atoms with Crippen molar-refractivity contribution in [3.8, 4) is 5.75 Å². The fourth-order valence-electron chi connectivity index (χ4n) is 3.97. The van der Waals surface area contributed by atoms with Gasteiger partial charge in [-0.3, -0.25) is 4.99 Å². The van der Waals surface area contributed by atoms with Crippen molar-refractivity contribution in [1.82, 2.24) is 10.2 Å². The Balaban J connectivity index is 0.00000320. The summed E-state index contributed by atoms with van der Waals surface area (Å²) in [7, 11) is 3.92. The molecule has 2 aromatic rings. The summed E-state index contributed by atoms with van der Waals surface area (Å²) in [4.78, 5) is 6.68. The monoisotopic (exact) mass is 523 g/mol. The highest BCUT2D eigenvalue weighted by Gasteiger charge is 2.35. The molecule has 0 spiro atoms. The van der Waals surface area contributed by atoms with Crippen LogP contribution >= 0.6 is 24.0 Å². The number of hydrogen-bond donors (Lipinski definition) is 1. The molecule has 164 valence electrons. The number of nitrogens with one attached hydrogen (secondary N) is 1. The average Bonchev–Trinajstić information content (AvgIpc) is 2.76. The summed E-state index contributed by atoms with van der Waals surface area (Å²) < 4.78 is 11.3. The number of guanidine groups is 1. The molecule has 3 rings (SSSR count). The third-order valence-electron chi connectivity index (χ3n) is 5.65. The molecular weight excluding hydrogens is 489 g/mol. The second-order valence-electron chi connectivity index (χ2n) is 7.59. The third kappa shape index (κ3) is 6.35. The topological polar surface area (TPSA) is 46.1 Å². The molecule has 1 heterocycles. The Morgan fingerprint density at radius 3 is 2.37 bits per heavy atom. The van der Waals surface area contributed by atoms with Crippen LogP contribution in [0.15, 0.2) is 59.6 Å². The molecule has 0 aromatic heterocycles. The van der Waals surface area contributed by atoms with Crippen LogP contribution in [-0.2, 0) is 16.7 Å². The predicted octanol–water partition coefficient (Wildman–Crippen LogP) is 4.46. The zero-order valence-electron chi connectivity index (χ0n) is 18.3. The maximum atomic E-state index is 5.68. The molecule has 30 heavy (non-hydrogen) atoms. The van der Waals surface area contributed by atoms with E-state index >= 15 is 0 Å². The van der Waals surface area contributed by atoms with Crippen molar-refractivity contribution < 1.29 is 9.47 Å². The molecule has 1 aliphatic heterocycles. The molecule has 1 aliphatic rings. The molecule has 0 amide bonds. The quantitative estimate of drug-likeness (QED) is 0.331. The van der Waals surface area contributed by atoms with Crippen LogP contribution in [0.4, 0.5) is 0 Å². The van der Waals surface area contributed by atoms with Crippen LogP contribution in [-0.4, -0.2) is 51.3 Å². The van der Waals surface area contributed by atoms with Gasteiger partial charge in [-0.15, -0.1) is 24.0 Å². The Morgan fingerprint density at radius 1 is 1.10 bits per heavy atom. The first-order chi connectivity index (χ1) is 14.2. The SMILES string of the molecule is CCOc1ccc(C2(CNC(=NC)N(C)Cc3ccccc3)CCOCC2)cc1.I. The summed E-state index contributed by atoms with van der Waals surface area (Å²) in [5.74, 6) is 1.83. The van der Waals surface area contributed by atoms with Crippen molar-refractivity contribution in [1.29, 1.82) is 0 Å². The maximum Gasteiger partial charge on any atom is 0.193 e. The molecule has 0 saturated carbocycles. The van der Waals surface area contributed by atoms with Crippen LogP contribution in [0.5, 0.6) is 5.75 Å². The van der Waals surface area contributed by atoms with Crippen LogP contribution in [0.3, 0.4) is 0 Å². The molecule has 0 atom stereocenters. The van der Waals surface area contributed by atoms with Crippen LogP contribution < -0.4 is 10.1 Å². The molecule has 1 fully saturated rings. The van der Waals surface area contributed by atoms with Crippen molar-refractivity contribution in [2.45, 2.75) is 31.7 Å². The number of hydrogen-bond acceptors (Lipinski definition) is 3. The smallest absolute Gasteiger partial charge is 0.193 e. The van der Waals surface area contributed by atoms with Gasteiger partial charge in [-0.2, -0.15) is 0 Å². The van der Waals surface area contributed by atoms with Gasteiger partial charge < -0.3 is 19.7 Å². The lowest BCUT2D eigenvalue weighted by Crippen LogP contribution is -2.48. The van der Waals surface area contributed by atoms with E-state index in [1.165, 1.54) is 11.1 Å². The molecule has 2 aromatic carbocycles. The first kappa shape index (κ1) is 24.5. The van der Waals surface area contributed by atoms with Gasteiger partial charge in [-0.05, 0) is 43.0 Å². The summed E-state index contributed by atoms with van der Waals surface area (Å²) >= 11 is 0. The minimum Gasteiger partial charge on any atom is -0.494 e. The zero-order chi connectivity index (χ0) is 20.5. The third-order valence-corrected chi connectivity index (χ3v) is 5.65. The highest BCUT2D eigenvalue weighted by atomic mass is 127. The first-order valence-electron chi connectivity index (χ1n) is 10.4. The van der Waals surface area contributed by atoms with Gasteiger partial charge in [0.05, 0.1) is 6.61 Å². The minimum atomic E-state index is 0. The molecule has 1 N–H and O–H groups in total. The van der Waals surface area contributed by atoms with Crippen LogP contribution in [0.2, 0.25) is 0 Å². The lowest BCUT2D eigenvalue weighted by Gasteiger charge is -2.39. The van der Waals surface area contributed by atoms with E-state index in [1.54, 1.807) is 0 Å². The second kappa shape index (κ2) is 12.2. The normalized spacial score (nSPS) is 15.8. The second-order valence-corrected chi connectivity index (χ2v) is 7.59. The van der Waals surface area contributed by atoms with E-state index in [-0.39, 0.29) is 29.4 Å². The number of benzene rings is 2. The minimum absolute atomic E-state index is 0. The molecule has 0 bridgehead atoms. The summed E-state index contributed by atoms with van der Waals surface area (Å²) in [5, 5.41) is 3.63. The number of ether oxygens (including phenoxy) is 2. The largest absolute Gasteiger partial charge is 0.494 e. The van der Waals surface area contributed by atoms with Gasteiger partial charge in [-0.1, -0.05) is 42.5 Å². The van der Waals surface area contributed by atoms with E-state index in [9.17, 15) is 0 Å². The van der Waals surface area contributed by atoms with Crippen molar-refractivity contribution in [2.75, 3.05) is 40.5 Å². The van der Waals surface area contributed by atoms with Gasteiger partial charge in [0.25, 0.3) is 0 Å². The number of rotatable bonds is 7. The molecule has 1 saturated heterocycles. The van der Waals surface area contributed by atoms with Crippen LogP contribution in [0, 0.1) is 0 Å². The lowest BCUT2D eigenvalue weighted by molar-refractivity contribution is 0.0512. The van der Waals surface area contributed by atoms with Crippen molar-refractivity contribution in [3.05, 3.63) is 65.7 Å². The standard InChI is InChI=1S/C24H33N3O2.HI/c1-4-29-22-12-10-21(11-13-22)24(14-16-28-17-15-24)19-26-23(25-2)27(3)18-20-8-6-5-7-9-20;/h5-13H,4,14-19H2,1-3H3,(H,25,26);1H. The predicted molar refractivity (Wildman–Crippen MR) is 134 cm³/mol. The summed E-state index contributed by atoms with van der Waals surface area (Å²) in [6.45, 7) is 5.91. The highest BCUT2D eigenvalue weighted by Crippen LogP contribution is 2.35. The van der Waals surface area contributed by atoms with E-state index in [4.69, 9.17) is 9.47 Å². The fourth-order valence-corrected chi connectivity index (χ4v) is 3.97. The number of aliphatic imine (C=N–C) groups is 1. The Morgan fingerprint density at radius 2 is 1.77 bits per heavy atom. The summed E-state index contributed by atoms with van der Waals surface area (Å²) in [6, 6.07) is 19.0. The zero-order valence-corrected chi connectivity index (χ0v) is 20.6. The lowest BCUT2D eigenvalue weighted by atomic mass is 9.74. The van der Waals surface area contributed by atoms with Gasteiger partial charge in [0.15, 0.2) is 5.96 Å². The van der Waals surface area contributed by atoms with Gasteiger partial charge in [0.1, 0.15) is 5.75 Å².